The second-order valence-electron chi connectivity index (χ2n) is 13.4. The fraction of sp³-hybridized carbons (Fsp3) is 0.633. The lowest BCUT2D eigenvalue weighted by Crippen LogP contribution is -2.75. The van der Waals surface area contributed by atoms with Gasteiger partial charge in [0.1, 0.15) is 11.7 Å². The number of aromatic hydroxyl groups is 1. The molecule has 11 heteroatoms. The number of nitrogens with zero attached hydrogens (tertiary/aromatic N) is 2. The van der Waals surface area contributed by atoms with Crippen molar-refractivity contribution >= 4 is 29.0 Å². The normalized spacial score (nSPS) is 31.6. The van der Waals surface area contributed by atoms with Crippen LogP contribution in [0.1, 0.15) is 65.5 Å². The summed E-state index contributed by atoms with van der Waals surface area (Å²) in [4.78, 5) is 70.8. The third-order valence-electron chi connectivity index (χ3n) is 9.18. The van der Waals surface area contributed by atoms with Crippen LogP contribution in [0.25, 0.3) is 0 Å². The van der Waals surface area contributed by atoms with Crippen LogP contribution in [0.15, 0.2) is 6.07 Å². The van der Waals surface area contributed by atoms with E-state index in [0.29, 0.717) is 23.2 Å². The molecule has 0 aromatic heterocycles. The fourth-order valence-electron chi connectivity index (χ4n) is 7.17. The monoisotopic (exact) mass is 571 g/mol. The number of aliphatic hydroxyl groups is 2. The molecular weight excluding hydrogens is 530 g/mol. The zero-order valence-corrected chi connectivity index (χ0v) is 24.7. The SMILES string of the molecule is CN(C)CCC(=O)c1cc(C(C)(C)C)c(O)c2c1C[C@@H]1C[C@@H]3[C@@H](N(C)C)C(O)C(C(N)=O)C(=O)[C@]3(O)C(=O)C1C2=O. The van der Waals surface area contributed by atoms with Crippen LogP contribution in [0, 0.1) is 23.7 Å². The molecule has 5 N–H and O–H groups in total. The molecule has 0 bridgehead atoms. The summed E-state index contributed by atoms with van der Waals surface area (Å²) in [5.41, 5.74) is 2.93. The number of nitrogens with two attached hydrogens (primary N) is 1. The van der Waals surface area contributed by atoms with Crippen LogP contribution >= 0.6 is 0 Å². The molecule has 2 saturated carbocycles. The predicted molar refractivity (Wildman–Crippen MR) is 149 cm³/mol. The van der Waals surface area contributed by atoms with Gasteiger partial charge in [-0.25, -0.2) is 0 Å². The summed E-state index contributed by atoms with van der Waals surface area (Å²) in [6.07, 6.45) is -1.33. The first kappa shape index (κ1) is 31.0. The van der Waals surface area contributed by atoms with Crippen molar-refractivity contribution in [2.24, 2.45) is 29.4 Å². The number of phenols is 1. The number of phenolic OH excluding ortho intramolecular Hbond substituents is 1. The van der Waals surface area contributed by atoms with Crippen molar-refractivity contribution in [3.8, 4) is 5.75 Å². The van der Waals surface area contributed by atoms with Gasteiger partial charge in [0.05, 0.1) is 17.6 Å². The lowest BCUT2D eigenvalue weighted by Gasteiger charge is -2.55. The zero-order valence-electron chi connectivity index (χ0n) is 24.7. The molecule has 7 atom stereocenters. The average molecular weight is 572 g/mol. The number of benzene rings is 1. The van der Waals surface area contributed by atoms with Gasteiger partial charge in [-0.2, -0.15) is 0 Å². The molecule has 11 nitrogen and oxygen atoms in total. The average Bonchev–Trinajstić information content (AvgIpc) is 2.83. The van der Waals surface area contributed by atoms with Gasteiger partial charge in [-0.3, -0.25) is 24.0 Å². The number of carbonyl (C=O) groups excluding carboxylic acids is 5. The third kappa shape index (κ3) is 4.72. The second kappa shape index (κ2) is 10.4. The Kier molecular flexibility index (Phi) is 7.83. The number of primary amides is 1. The summed E-state index contributed by atoms with van der Waals surface area (Å²) in [6, 6.07) is 0.642. The molecule has 0 aliphatic heterocycles. The van der Waals surface area contributed by atoms with Crippen molar-refractivity contribution in [3.63, 3.8) is 0 Å². The molecule has 3 unspecified atom stereocenters. The van der Waals surface area contributed by atoms with Gasteiger partial charge in [0.15, 0.2) is 28.7 Å². The summed E-state index contributed by atoms with van der Waals surface area (Å²) in [5, 5.41) is 34.2. The maximum Gasteiger partial charge on any atom is 0.230 e. The van der Waals surface area contributed by atoms with Gasteiger partial charge in [-0.1, -0.05) is 20.8 Å². The number of fused-ring (bicyclic) bond motifs is 3. The molecule has 41 heavy (non-hydrogen) atoms. The Morgan fingerprint density at radius 1 is 1.10 bits per heavy atom. The summed E-state index contributed by atoms with van der Waals surface area (Å²) < 4.78 is 0. The van der Waals surface area contributed by atoms with Crippen molar-refractivity contribution in [3.05, 3.63) is 28.3 Å². The second-order valence-corrected chi connectivity index (χ2v) is 13.4. The van der Waals surface area contributed by atoms with E-state index in [9.17, 15) is 39.3 Å². The van der Waals surface area contributed by atoms with E-state index in [1.54, 1.807) is 20.2 Å². The molecule has 224 valence electrons. The minimum absolute atomic E-state index is 0.0116. The molecule has 3 aliphatic rings. The van der Waals surface area contributed by atoms with Crippen molar-refractivity contribution in [2.45, 2.75) is 63.2 Å². The third-order valence-corrected chi connectivity index (χ3v) is 9.18. The molecule has 1 amide bonds. The number of carbonyl (C=O) groups is 5. The van der Waals surface area contributed by atoms with Crippen LogP contribution in [-0.4, -0.2) is 107 Å². The standard InChI is InChI=1S/C30H41N3O8/c1-29(2,3)17-12-14(18(34)8-9-32(4)5)15-10-13-11-16-22(33(6)7)25(37)21(28(31)40)27(39)30(16,41)26(38)19(13)24(36)20(15)23(17)35/h12-13,16,19,21-22,25,35,37,41H,8-11H2,1-7H3,(H2,31,40)/t13-,16-,19?,21?,22-,25?,30-/m1/s1. The van der Waals surface area contributed by atoms with Crippen LogP contribution in [-0.2, 0) is 26.2 Å². The molecule has 1 aromatic carbocycles. The van der Waals surface area contributed by atoms with E-state index in [1.807, 2.05) is 39.8 Å². The van der Waals surface area contributed by atoms with E-state index >= 15 is 0 Å². The Labute approximate surface area is 239 Å². The van der Waals surface area contributed by atoms with Gasteiger partial charge in [-0.05, 0) is 64.0 Å². The van der Waals surface area contributed by atoms with Crippen LogP contribution in [0.2, 0.25) is 0 Å². The van der Waals surface area contributed by atoms with Crippen LogP contribution < -0.4 is 5.73 Å². The highest BCUT2D eigenvalue weighted by atomic mass is 16.3. The Hall–Kier alpha value is -2.99. The summed E-state index contributed by atoms with van der Waals surface area (Å²) in [5.74, 6) is -9.91. The van der Waals surface area contributed by atoms with E-state index in [-0.39, 0.29) is 36.4 Å². The van der Waals surface area contributed by atoms with Gasteiger partial charge in [-0.15, -0.1) is 0 Å². The molecule has 0 radical (unpaired) electrons. The van der Waals surface area contributed by atoms with E-state index in [1.165, 1.54) is 4.90 Å². The van der Waals surface area contributed by atoms with Gasteiger partial charge in [0.2, 0.25) is 5.91 Å². The highest BCUT2D eigenvalue weighted by Gasteiger charge is 2.69. The topological polar surface area (TPSA) is 179 Å². The number of hydrogen-bond acceptors (Lipinski definition) is 10. The van der Waals surface area contributed by atoms with Gasteiger partial charge < -0.3 is 30.9 Å². The molecule has 2 fully saturated rings. The van der Waals surface area contributed by atoms with Crippen LogP contribution in [0.4, 0.5) is 0 Å². The number of amides is 1. The van der Waals surface area contributed by atoms with E-state index in [4.69, 9.17) is 5.73 Å². The Bertz CT molecular complexity index is 1330. The molecule has 3 aliphatic carbocycles. The largest absolute Gasteiger partial charge is 0.507 e. The highest BCUT2D eigenvalue weighted by Crippen LogP contribution is 2.52. The quantitative estimate of drug-likeness (QED) is 0.270. The molecule has 1 aromatic rings. The highest BCUT2D eigenvalue weighted by molar-refractivity contribution is 6.26. The maximum atomic E-state index is 14.1. The number of likely N-dealkylation sites (N-methyl/N-ethyl adjacent to an activating group) is 1. The first-order valence-electron chi connectivity index (χ1n) is 13.9. The maximum absolute atomic E-state index is 14.1. The van der Waals surface area contributed by atoms with E-state index in [2.05, 4.69) is 0 Å². The number of rotatable bonds is 6. The van der Waals surface area contributed by atoms with Gasteiger partial charge in [0, 0.05) is 36.1 Å². The fourth-order valence-corrected chi connectivity index (χ4v) is 7.17. The van der Waals surface area contributed by atoms with Crippen molar-refractivity contribution in [1.29, 1.82) is 0 Å². The van der Waals surface area contributed by atoms with E-state index < -0.39 is 70.1 Å². The minimum Gasteiger partial charge on any atom is -0.507 e. The lowest BCUT2D eigenvalue weighted by molar-refractivity contribution is -0.190. The lowest BCUT2D eigenvalue weighted by atomic mass is 9.51. The zero-order chi connectivity index (χ0) is 30.9. The van der Waals surface area contributed by atoms with Crippen LogP contribution in [0.5, 0.6) is 5.75 Å². The van der Waals surface area contributed by atoms with E-state index in [0.717, 1.165) is 0 Å². The molecular formula is C30H41N3O8. The smallest absolute Gasteiger partial charge is 0.230 e. The Morgan fingerprint density at radius 3 is 2.22 bits per heavy atom. The Morgan fingerprint density at radius 2 is 1.71 bits per heavy atom. The first-order valence-corrected chi connectivity index (χ1v) is 13.9. The summed E-state index contributed by atoms with van der Waals surface area (Å²) in [7, 11) is 6.86. The van der Waals surface area contributed by atoms with Crippen molar-refractivity contribution in [1.82, 2.24) is 9.80 Å². The number of aliphatic hydroxyl groups excluding tert-OH is 1. The summed E-state index contributed by atoms with van der Waals surface area (Å²) in [6.45, 7) is 5.96. The minimum atomic E-state index is -2.73. The van der Waals surface area contributed by atoms with Gasteiger partial charge in [0.25, 0.3) is 0 Å². The number of ketones is 4. The van der Waals surface area contributed by atoms with Crippen LogP contribution in [0.3, 0.4) is 0 Å². The summed E-state index contributed by atoms with van der Waals surface area (Å²) >= 11 is 0. The molecule has 0 heterocycles. The number of hydrogen-bond donors (Lipinski definition) is 4. The predicted octanol–water partition coefficient (Wildman–Crippen LogP) is 0.0907. The van der Waals surface area contributed by atoms with Crippen molar-refractivity contribution in [2.75, 3.05) is 34.7 Å². The van der Waals surface area contributed by atoms with Crippen molar-refractivity contribution < 1.29 is 39.3 Å². The Balaban J connectivity index is 1.91. The van der Waals surface area contributed by atoms with Gasteiger partial charge >= 0.3 is 0 Å². The number of Topliss-reactive ketones (excluding diaryl/α,β-unsaturated/α-hetero) is 4. The molecule has 0 saturated heterocycles. The molecule has 4 rings (SSSR count). The molecule has 0 spiro atoms. The first-order chi connectivity index (χ1) is 18.8.